The zero-order chi connectivity index (χ0) is 20.3. The van der Waals surface area contributed by atoms with E-state index in [2.05, 4.69) is 15.7 Å². The summed E-state index contributed by atoms with van der Waals surface area (Å²) >= 11 is 0. The first kappa shape index (κ1) is 19.4. The zero-order valence-corrected chi connectivity index (χ0v) is 16.8. The number of benzene rings is 1. The number of rotatable bonds is 3. The number of piperazine rings is 1. The van der Waals surface area contributed by atoms with Crippen molar-refractivity contribution < 1.29 is 9.59 Å². The molecule has 154 valence electrons. The monoisotopic (exact) mass is 396 g/mol. The third-order valence-electron chi connectivity index (χ3n) is 5.90. The van der Waals surface area contributed by atoms with Gasteiger partial charge >= 0.3 is 6.03 Å². The van der Waals surface area contributed by atoms with E-state index >= 15 is 0 Å². The van der Waals surface area contributed by atoms with Gasteiger partial charge in [0.05, 0.1) is 0 Å². The number of piperidine rings is 1. The van der Waals surface area contributed by atoms with Crippen molar-refractivity contribution in [1.29, 1.82) is 0 Å². The number of carbonyl (C=O) groups is 2. The van der Waals surface area contributed by atoms with Crippen molar-refractivity contribution in [3.63, 3.8) is 0 Å². The molecule has 2 N–H and O–H groups in total. The molecule has 0 unspecified atom stereocenters. The molecule has 2 fully saturated rings. The minimum Gasteiger partial charge on any atom is -0.337 e. The lowest BCUT2D eigenvalue weighted by Gasteiger charge is -2.43. The minimum absolute atomic E-state index is 0.112. The summed E-state index contributed by atoms with van der Waals surface area (Å²) in [5.74, 6) is 0.112. The van der Waals surface area contributed by atoms with Crippen molar-refractivity contribution in [3.8, 4) is 0 Å². The zero-order valence-electron chi connectivity index (χ0n) is 16.8. The first-order valence-electron chi connectivity index (χ1n) is 10.2. The van der Waals surface area contributed by atoms with E-state index in [0.717, 1.165) is 37.2 Å². The number of amides is 3. The molecule has 1 aromatic heterocycles. The van der Waals surface area contributed by atoms with E-state index in [1.54, 1.807) is 11.1 Å². The van der Waals surface area contributed by atoms with E-state index in [1.165, 1.54) is 0 Å². The Morgan fingerprint density at radius 3 is 2.45 bits per heavy atom. The lowest BCUT2D eigenvalue weighted by molar-refractivity contribution is -0.144. The average molecular weight is 396 g/mol. The number of urea groups is 1. The van der Waals surface area contributed by atoms with Crippen LogP contribution in [0.15, 0.2) is 42.7 Å². The highest BCUT2D eigenvalue weighted by Crippen LogP contribution is 2.30. The van der Waals surface area contributed by atoms with Gasteiger partial charge in [0, 0.05) is 44.3 Å². The summed E-state index contributed by atoms with van der Waals surface area (Å²) in [6.07, 6.45) is 5.06. The predicted molar refractivity (Wildman–Crippen MR) is 111 cm³/mol. The van der Waals surface area contributed by atoms with Gasteiger partial charge in [-0.1, -0.05) is 12.1 Å². The van der Waals surface area contributed by atoms with Crippen LogP contribution in [0.4, 0.5) is 10.5 Å². The van der Waals surface area contributed by atoms with Crippen LogP contribution >= 0.6 is 0 Å². The number of hydrogen-bond donors (Lipinski definition) is 2. The molecule has 2 aromatic rings. The van der Waals surface area contributed by atoms with Gasteiger partial charge in [0.15, 0.2) is 0 Å². The van der Waals surface area contributed by atoms with E-state index < -0.39 is 5.54 Å². The van der Waals surface area contributed by atoms with E-state index in [9.17, 15) is 9.59 Å². The smallest absolute Gasteiger partial charge is 0.321 e. The normalized spacial score (nSPS) is 19.1. The summed E-state index contributed by atoms with van der Waals surface area (Å²) in [4.78, 5) is 29.8. The predicted octanol–water partition coefficient (Wildman–Crippen LogP) is 1.65. The Morgan fingerprint density at radius 2 is 1.79 bits per heavy atom. The van der Waals surface area contributed by atoms with Crippen LogP contribution in [0.25, 0.3) is 0 Å². The molecule has 4 rings (SSSR count). The molecule has 1 aromatic carbocycles. The molecule has 8 heteroatoms. The van der Waals surface area contributed by atoms with Crippen LogP contribution in [0.5, 0.6) is 0 Å². The molecule has 2 aliphatic rings. The second-order valence-corrected chi connectivity index (χ2v) is 7.81. The number of carbonyl (C=O) groups excluding carboxylic acids is 2. The van der Waals surface area contributed by atoms with Crippen molar-refractivity contribution >= 4 is 17.6 Å². The molecule has 0 aliphatic carbocycles. The maximum atomic E-state index is 13.5. The number of aryl methyl sites for hydroxylation is 1. The molecule has 0 bridgehead atoms. The number of aromatic nitrogens is 2. The molecule has 3 heterocycles. The van der Waals surface area contributed by atoms with Crippen LogP contribution in [-0.4, -0.2) is 70.8 Å². The van der Waals surface area contributed by atoms with E-state index in [1.807, 2.05) is 53.0 Å². The molecular formula is C21H28N6O2. The molecule has 0 saturated carbocycles. The second-order valence-electron chi connectivity index (χ2n) is 7.81. The first-order valence-corrected chi connectivity index (χ1v) is 10.2. The van der Waals surface area contributed by atoms with Crippen molar-refractivity contribution in [3.05, 3.63) is 48.3 Å². The third kappa shape index (κ3) is 3.98. The van der Waals surface area contributed by atoms with E-state index in [-0.39, 0.29) is 11.9 Å². The van der Waals surface area contributed by atoms with Gasteiger partial charge in [-0.3, -0.25) is 9.48 Å². The van der Waals surface area contributed by atoms with Gasteiger partial charge in [0.2, 0.25) is 0 Å². The molecule has 8 nitrogen and oxygen atoms in total. The van der Waals surface area contributed by atoms with Crippen molar-refractivity contribution in [1.82, 2.24) is 24.9 Å². The highest BCUT2D eigenvalue weighted by molar-refractivity contribution is 5.90. The summed E-state index contributed by atoms with van der Waals surface area (Å²) < 4.78 is 1.83. The summed E-state index contributed by atoms with van der Waals surface area (Å²) in [5, 5.41) is 10.7. The van der Waals surface area contributed by atoms with Crippen LogP contribution in [0.1, 0.15) is 18.4 Å². The fourth-order valence-electron chi connectivity index (χ4n) is 4.24. The highest BCUT2D eigenvalue weighted by Gasteiger charge is 2.45. The van der Waals surface area contributed by atoms with Gasteiger partial charge in [-0.2, -0.15) is 5.10 Å². The largest absolute Gasteiger partial charge is 0.337 e. The Bertz CT molecular complexity index is 852. The topological polar surface area (TPSA) is 82.5 Å². The molecule has 0 radical (unpaired) electrons. The van der Waals surface area contributed by atoms with Crippen molar-refractivity contribution in [2.45, 2.75) is 25.3 Å². The van der Waals surface area contributed by atoms with Crippen LogP contribution in [0, 0.1) is 6.92 Å². The fourth-order valence-corrected chi connectivity index (χ4v) is 4.24. The fraction of sp³-hybridized carbons (Fsp3) is 0.476. The molecule has 3 amide bonds. The quantitative estimate of drug-likeness (QED) is 0.827. The maximum Gasteiger partial charge on any atom is 0.321 e. The summed E-state index contributed by atoms with van der Waals surface area (Å²) in [6.45, 7) is 5.71. The molecule has 29 heavy (non-hydrogen) atoms. The summed E-state index contributed by atoms with van der Waals surface area (Å²) in [7, 11) is 0. The minimum atomic E-state index is -0.624. The molecule has 2 saturated heterocycles. The molecule has 2 aliphatic heterocycles. The Hall–Kier alpha value is -2.87. The van der Waals surface area contributed by atoms with Crippen LogP contribution in [0.2, 0.25) is 0 Å². The second kappa shape index (κ2) is 8.24. The summed E-state index contributed by atoms with van der Waals surface area (Å²) in [5.41, 5.74) is 1.27. The average Bonchev–Trinajstić information content (AvgIpc) is 3.29. The third-order valence-corrected chi connectivity index (χ3v) is 5.90. The Kier molecular flexibility index (Phi) is 5.53. The van der Waals surface area contributed by atoms with E-state index in [0.29, 0.717) is 26.2 Å². The number of hydrogen-bond acceptors (Lipinski definition) is 4. The molecular weight excluding hydrogens is 368 g/mol. The van der Waals surface area contributed by atoms with Crippen LogP contribution in [-0.2, 0) is 10.3 Å². The standard InChI is InChI=1S/C21H28N6O2/c1-17-4-2-5-18(16-17)24-20(29)26-14-12-25(13-15-26)19(28)21(6-9-22-10-7-21)27-11-3-8-23-27/h2-5,8,11,16,22H,6-7,9-10,12-15H2,1H3,(H,24,29). The Morgan fingerprint density at radius 1 is 1.07 bits per heavy atom. The molecule has 0 spiro atoms. The number of anilines is 1. The lowest BCUT2D eigenvalue weighted by Crippen LogP contribution is -2.60. The highest BCUT2D eigenvalue weighted by atomic mass is 16.2. The Balaban J connectivity index is 1.39. The van der Waals surface area contributed by atoms with Crippen LogP contribution in [0.3, 0.4) is 0 Å². The van der Waals surface area contributed by atoms with Gasteiger partial charge in [0.25, 0.3) is 5.91 Å². The van der Waals surface area contributed by atoms with Gasteiger partial charge in [-0.25, -0.2) is 4.79 Å². The number of nitrogens with zero attached hydrogens (tertiary/aromatic N) is 4. The first-order chi connectivity index (χ1) is 14.1. The summed E-state index contributed by atoms with van der Waals surface area (Å²) in [6, 6.07) is 9.50. The van der Waals surface area contributed by atoms with Crippen LogP contribution < -0.4 is 10.6 Å². The molecule has 0 atom stereocenters. The van der Waals surface area contributed by atoms with Gasteiger partial charge < -0.3 is 20.4 Å². The van der Waals surface area contributed by atoms with Crippen molar-refractivity contribution in [2.75, 3.05) is 44.6 Å². The van der Waals surface area contributed by atoms with Crippen molar-refractivity contribution in [2.24, 2.45) is 0 Å². The maximum absolute atomic E-state index is 13.5. The van der Waals surface area contributed by atoms with Gasteiger partial charge in [-0.15, -0.1) is 0 Å². The Labute approximate surface area is 170 Å². The lowest BCUT2D eigenvalue weighted by atomic mass is 9.86. The SMILES string of the molecule is Cc1cccc(NC(=O)N2CCN(C(=O)C3(n4cccn4)CCNCC3)CC2)c1. The number of nitrogens with one attached hydrogen (secondary N) is 2. The van der Waals surface area contributed by atoms with Gasteiger partial charge in [0.1, 0.15) is 5.54 Å². The van der Waals surface area contributed by atoms with Gasteiger partial charge in [-0.05, 0) is 56.6 Å². The van der Waals surface area contributed by atoms with E-state index in [4.69, 9.17) is 0 Å².